The maximum absolute atomic E-state index is 12.7. The van der Waals surface area contributed by atoms with E-state index in [9.17, 15) is 9.59 Å². The van der Waals surface area contributed by atoms with E-state index in [1.807, 2.05) is 9.80 Å². The normalized spacial score (nSPS) is 21.4. The molecule has 1 aromatic carbocycles. The van der Waals surface area contributed by atoms with Crippen LogP contribution in [0.5, 0.6) is 0 Å². The molecule has 1 atom stereocenters. The number of piperidine rings is 1. The van der Waals surface area contributed by atoms with E-state index >= 15 is 0 Å². The van der Waals surface area contributed by atoms with Crippen LogP contribution in [0.25, 0.3) is 0 Å². The van der Waals surface area contributed by atoms with E-state index in [4.69, 9.17) is 0 Å². The van der Waals surface area contributed by atoms with Crippen LogP contribution in [0.15, 0.2) is 24.3 Å². The van der Waals surface area contributed by atoms with Gasteiger partial charge in [0.2, 0.25) is 11.8 Å². The molecule has 0 aromatic heterocycles. The number of nitrogens with one attached hydrogen (secondary N) is 1. The Labute approximate surface area is 163 Å². The van der Waals surface area contributed by atoms with Gasteiger partial charge in [0.25, 0.3) is 0 Å². The summed E-state index contributed by atoms with van der Waals surface area (Å²) in [5.74, 6) is 0.377. The number of nitrogens with zero attached hydrogens (tertiary/aromatic N) is 2. The van der Waals surface area contributed by atoms with Gasteiger partial charge in [-0.3, -0.25) is 9.59 Å². The van der Waals surface area contributed by atoms with E-state index in [2.05, 4.69) is 50.4 Å². The lowest BCUT2D eigenvalue weighted by atomic mass is 9.86. The topological polar surface area (TPSA) is 52.7 Å². The zero-order valence-electron chi connectivity index (χ0n) is 17.0. The second-order valence-corrected chi connectivity index (χ2v) is 8.85. The summed E-state index contributed by atoms with van der Waals surface area (Å²) in [7, 11) is 0. The Morgan fingerprint density at radius 2 is 1.93 bits per heavy atom. The molecule has 3 rings (SSSR count). The number of carbonyl (C=O) groups is 2. The highest BCUT2D eigenvalue weighted by atomic mass is 16.2. The van der Waals surface area contributed by atoms with Gasteiger partial charge in [0.1, 0.15) is 0 Å². The summed E-state index contributed by atoms with van der Waals surface area (Å²) < 4.78 is 0. The molecule has 0 spiro atoms. The number of benzene rings is 1. The lowest BCUT2D eigenvalue weighted by Crippen LogP contribution is -2.57. The van der Waals surface area contributed by atoms with Crippen molar-refractivity contribution in [3.63, 3.8) is 0 Å². The largest absolute Gasteiger partial charge is 0.341 e. The first-order chi connectivity index (χ1) is 12.8. The molecule has 2 saturated heterocycles. The summed E-state index contributed by atoms with van der Waals surface area (Å²) >= 11 is 0. The van der Waals surface area contributed by atoms with Crippen molar-refractivity contribution < 1.29 is 9.59 Å². The molecular formula is C22H33N3O2. The molecular weight excluding hydrogens is 338 g/mol. The summed E-state index contributed by atoms with van der Waals surface area (Å²) in [6, 6.07) is 8.82. The van der Waals surface area contributed by atoms with Gasteiger partial charge in [0, 0.05) is 38.6 Å². The van der Waals surface area contributed by atoms with Crippen LogP contribution in [0.4, 0.5) is 0 Å². The summed E-state index contributed by atoms with van der Waals surface area (Å²) in [6.45, 7) is 10.2. The molecule has 2 aliphatic rings. The summed E-state index contributed by atoms with van der Waals surface area (Å²) in [5.41, 5.74) is 2.68. The fourth-order valence-electron chi connectivity index (χ4n) is 4.02. The highest BCUT2D eigenvalue weighted by molar-refractivity contribution is 5.80. The molecule has 2 heterocycles. The van der Waals surface area contributed by atoms with Crippen molar-refractivity contribution in [2.45, 2.75) is 57.9 Å². The third-order valence-electron chi connectivity index (χ3n) is 5.76. The summed E-state index contributed by atoms with van der Waals surface area (Å²) in [5, 5.41) is 3.12. The van der Waals surface area contributed by atoms with Crippen LogP contribution < -0.4 is 5.32 Å². The van der Waals surface area contributed by atoms with Crippen LogP contribution in [0.3, 0.4) is 0 Å². The minimum atomic E-state index is 0.151. The predicted molar refractivity (Wildman–Crippen MR) is 108 cm³/mol. The van der Waals surface area contributed by atoms with Crippen molar-refractivity contribution in [1.29, 1.82) is 0 Å². The van der Waals surface area contributed by atoms with E-state index in [1.54, 1.807) is 0 Å². The van der Waals surface area contributed by atoms with Crippen molar-refractivity contribution in [2.75, 3.05) is 32.7 Å². The van der Waals surface area contributed by atoms with Gasteiger partial charge in [-0.2, -0.15) is 0 Å². The lowest BCUT2D eigenvalue weighted by molar-refractivity contribution is -0.140. The zero-order chi connectivity index (χ0) is 19.4. The predicted octanol–water partition coefficient (Wildman–Crippen LogP) is 2.34. The quantitative estimate of drug-likeness (QED) is 0.884. The van der Waals surface area contributed by atoms with Crippen molar-refractivity contribution in [2.24, 2.45) is 0 Å². The Balaban J connectivity index is 1.52. The highest BCUT2D eigenvalue weighted by Gasteiger charge is 2.31. The maximum Gasteiger partial charge on any atom is 0.236 e. The molecule has 1 N–H and O–H groups in total. The van der Waals surface area contributed by atoms with Gasteiger partial charge in [0.15, 0.2) is 0 Å². The van der Waals surface area contributed by atoms with E-state index in [1.165, 1.54) is 11.1 Å². The van der Waals surface area contributed by atoms with Crippen LogP contribution in [-0.2, 0) is 21.4 Å². The van der Waals surface area contributed by atoms with Crippen molar-refractivity contribution in [3.05, 3.63) is 35.4 Å². The monoisotopic (exact) mass is 371 g/mol. The van der Waals surface area contributed by atoms with Crippen LogP contribution in [0.1, 0.15) is 51.2 Å². The molecule has 0 aliphatic carbocycles. The number of amides is 2. The third kappa shape index (κ3) is 5.10. The first-order valence-corrected chi connectivity index (χ1v) is 10.2. The minimum Gasteiger partial charge on any atom is -0.341 e. The van der Waals surface area contributed by atoms with Crippen molar-refractivity contribution in [3.8, 4) is 0 Å². The van der Waals surface area contributed by atoms with E-state index < -0.39 is 0 Å². The number of carbonyl (C=O) groups excluding carboxylic acids is 2. The van der Waals surface area contributed by atoms with Gasteiger partial charge >= 0.3 is 0 Å². The molecule has 148 valence electrons. The van der Waals surface area contributed by atoms with Gasteiger partial charge in [-0.15, -0.1) is 0 Å². The molecule has 2 fully saturated rings. The van der Waals surface area contributed by atoms with Crippen molar-refractivity contribution in [1.82, 2.24) is 15.1 Å². The van der Waals surface area contributed by atoms with Gasteiger partial charge in [-0.1, -0.05) is 45.0 Å². The molecule has 5 heteroatoms. The first kappa shape index (κ1) is 19.9. The molecule has 0 bridgehead atoms. The van der Waals surface area contributed by atoms with Crippen LogP contribution in [0, 0.1) is 0 Å². The molecule has 1 aromatic rings. The smallest absolute Gasteiger partial charge is 0.236 e. The third-order valence-corrected chi connectivity index (χ3v) is 5.76. The fraction of sp³-hybridized carbons (Fsp3) is 0.636. The van der Waals surface area contributed by atoms with Crippen molar-refractivity contribution >= 4 is 11.8 Å². The Morgan fingerprint density at radius 3 is 2.59 bits per heavy atom. The van der Waals surface area contributed by atoms with Gasteiger partial charge < -0.3 is 15.1 Å². The molecule has 27 heavy (non-hydrogen) atoms. The zero-order valence-corrected chi connectivity index (χ0v) is 17.0. The molecule has 5 nitrogen and oxygen atoms in total. The second-order valence-electron chi connectivity index (χ2n) is 8.85. The number of rotatable bonds is 4. The molecule has 0 radical (unpaired) electrons. The van der Waals surface area contributed by atoms with Gasteiger partial charge in [-0.25, -0.2) is 0 Å². The van der Waals surface area contributed by atoms with Gasteiger partial charge in [0.05, 0.1) is 6.54 Å². The SMILES string of the molecule is CC(C)(C)c1ccc(CCC(=O)N2CCCC(N3CCNCC3=O)C2)cc1. The van der Waals surface area contributed by atoms with Crippen LogP contribution in [-0.4, -0.2) is 60.4 Å². The first-order valence-electron chi connectivity index (χ1n) is 10.2. The number of hydrogen-bond acceptors (Lipinski definition) is 3. The maximum atomic E-state index is 12.7. The summed E-state index contributed by atoms with van der Waals surface area (Å²) in [6.07, 6.45) is 3.30. The molecule has 2 amide bonds. The lowest BCUT2D eigenvalue weighted by Gasteiger charge is -2.41. The van der Waals surface area contributed by atoms with Crippen LogP contribution in [0.2, 0.25) is 0 Å². The number of piperazine rings is 1. The molecule has 0 saturated carbocycles. The average Bonchev–Trinajstić information content (AvgIpc) is 2.66. The highest BCUT2D eigenvalue weighted by Crippen LogP contribution is 2.23. The number of likely N-dealkylation sites (tertiary alicyclic amines) is 1. The Hall–Kier alpha value is -1.88. The standard InChI is InChI=1S/C22H33N3O2/c1-22(2,3)18-9-6-17(7-10-18)8-11-20(26)24-13-4-5-19(16-24)25-14-12-23-15-21(25)27/h6-7,9-10,19,23H,4-5,8,11-16H2,1-3H3. The summed E-state index contributed by atoms with van der Waals surface area (Å²) in [4.78, 5) is 28.8. The van der Waals surface area contributed by atoms with Crippen LogP contribution >= 0.6 is 0 Å². The average molecular weight is 372 g/mol. The Kier molecular flexibility index (Phi) is 6.20. The van der Waals surface area contributed by atoms with Gasteiger partial charge in [-0.05, 0) is 35.8 Å². The number of hydrogen-bond donors (Lipinski definition) is 1. The minimum absolute atomic E-state index is 0.151. The Bertz CT molecular complexity index is 663. The van der Waals surface area contributed by atoms with E-state index in [0.29, 0.717) is 19.5 Å². The Morgan fingerprint density at radius 1 is 1.19 bits per heavy atom. The molecule has 1 unspecified atom stereocenters. The second kappa shape index (κ2) is 8.42. The molecule has 2 aliphatic heterocycles. The fourth-order valence-corrected chi connectivity index (χ4v) is 4.02. The van der Waals surface area contributed by atoms with E-state index in [0.717, 1.165) is 38.9 Å². The van der Waals surface area contributed by atoms with E-state index in [-0.39, 0.29) is 23.3 Å². The number of aryl methyl sites for hydroxylation is 1.